The third-order valence-corrected chi connectivity index (χ3v) is 10.4. The van der Waals surface area contributed by atoms with Crippen molar-refractivity contribution in [3.05, 3.63) is 132 Å². The van der Waals surface area contributed by atoms with E-state index in [0.717, 1.165) is 60.8 Å². The second kappa shape index (κ2) is 13.5. The minimum absolute atomic E-state index is 0.129. The maximum atomic E-state index is 13.8. The fourth-order valence-corrected chi connectivity index (χ4v) is 8.43. The highest BCUT2D eigenvalue weighted by atomic mass is 16.7. The van der Waals surface area contributed by atoms with Crippen molar-refractivity contribution < 1.29 is 23.7 Å². The first-order valence-electron chi connectivity index (χ1n) is 16.4. The molecule has 1 heterocycles. The van der Waals surface area contributed by atoms with E-state index in [1.165, 1.54) is 0 Å². The Morgan fingerprint density at radius 2 is 1.47 bits per heavy atom. The summed E-state index contributed by atoms with van der Waals surface area (Å²) in [6.45, 7) is 11.4. The monoisotopic (exact) mass is 606 g/mol. The minimum atomic E-state index is -0.991. The van der Waals surface area contributed by atoms with Gasteiger partial charge in [-0.15, -0.1) is 13.2 Å². The van der Waals surface area contributed by atoms with Crippen molar-refractivity contribution in [3.63, 3.8) is 0 Å². The molecular formula is C40H46O5. The van der Waals surface area contributed by atoms with Crippen LogP contribution in [0.5, 0.6) is 0 Å². The minimum Gasteiger partial charge on any atom is -0.460 e. The molecule has 3 fully saturated rings. The molecule has 236 valence electrons. The largest absolute Gasteiger partial charge is 0.460 e. The zero-order valence-electron chi connectivity index (χ0n) is 26.5. The lowest BCUT2D eigenvalue weighted by Gasteiger charge is -2.47. The Balaban J connectivity index is 1.25. The number of benzene rings is 3. The van der Waals surface area contributed by atoms with Gasteiger partial charge in [-0.25, -0.2) is 4.79 Å². The zero-order chi connectivity index (χ0) is 31.3. The molecule has 1 spiro atoms. The Morgan fingerprint density at radius 3 is 1.98 bits per heavy atom. The summed E-state index contributed by atoms with van der Waals surface area (Å²) in [4.78, 5) is 13.8. The Labute approximate surface area is 268 Å². The molecule has 2 saturated carbocycles. The summed E-state index contributed by atoms with van der Waals surface area (Å²) in [7, 11) is 0. The van der Waals surface area contributed by atoms with Crippen LogP contribution in [0.2, 0.25) is 0 Å². The molecule has 0 N–H and O–H groups in total. The predicted octanol–water partition coefficient (Wildman–Crippen LogP) is 8.39. The molecule has 0 bridgehead atoms. The molecule has 5 nitrogen and oxygen atoms in total. The van der Waals surface area contributed by atoms with E-state index in [-0.39, 0.29) is 35.9 Å². The second-order valence-electron chi connectivity index (χ2n) is 13.2. The van der Waals surface area contributed by atoms with Gasteiger partial charge < -0.3 is 18.9 Å². The highest BCUT2D eigenvalue weighted by molar-refractivity contribution is 5.71. The predicted molar refractivity (Wildman–Crippen MR) is 176 cm³/mol. The lowest BCUT2D eigenvalue weighted by Crippen LogP contribution is -2.47. The molecule has 0 aromatic heterocycles. The van der Waals surface area contributed by atoms with E-state index >= 15 is 0 Å². The van der Waals surface area contributed by atoms with Crippen molar-refractivity contribution in [2.24, 2.45) is 17.3 Å². The Kier molecular flexibility index (Phi) is 9.41. The number of carbonyl (C=O) groups excluding carboxylic acids is 1. The van der Waals surface area contributed by atoms with Crippen LogP contribution >= 0.6 is 0 Å². The van der Waals surface area contributed by atoms with E-state index in [2.05, 4.69) is 55.6 Å². The summed E-state index contributed by atoms with van der Waals surface area (Å²) in [5.74, 6) is -0.471. The first kappa shape index (κ1) is 31.5. The fraction of sp³-hybridized carbons (Fsp3) is 0.425. The molecule has 3 aromatic carbocycles. The number of hydrogen-bond acceptors (Lipinski definition) is 5. The maximum absolute atomic E-state index is 13.8. The summed E-state index contributed by atoms with van der Waals surface area (Å²) in [6, 6.07) is 30.3. The van der Waals surface area contributed by atoms with Gasteiger partial charge in [0.15, 0.2) is 5.79 Å². The van der Waals surface area contributed by atoms with Crippen molar-refractivity contribution in [1.82, 2.24) is 0 Å². The molecule has 3 aliphatic rings. The first-order valence-corrected chi connectivity index (χ1v) is 16.4. The number of allylic oxidation sites excluding steroid dienone is 1. The van der Waals surface area contributed by atoms with Crippen LogP contribution in [0.15, 0.2) is 116 Å². The Hall–Kier alpha value is -3.51. The smallest absolute Gasteiger partial charge is 0.332 e. The van der Waals surface area contributed by atoms with Gasteiger partial charge in [0.2, 0.25) is 0 Å². The number of carbonyl (C=O) groups is 1. The van der Waals surface area contributed by atoms with Crippen LogP contribution in [-0.4, -0.2) is 37.7 Å². The molecule has 0 unspecified atom stereocenters. The van der Waals surface area contributed by atoms with Gasteiger partial charge in [0.1, 0.15) is 18.3 Å². The Morgan fingerprint density at radius 1 is 0.911 bits per heavy atom. The lowest BCUT2D eigenvalue weighted by molar-refractivity contribution is -0.208. The summed E-state index contributed by atoms with van der Waals surface area (Å²) in [5.41, 5.74) is 2.98. The van der Waals surface area contributed by atoms with E-state index in [4.69, 9.17) is 18.9 Å². The number of rotatable bonds is 12. The third kappa shape index (κ3) is 6.18. The zero-order valence-corrected chi connectivity index (χ0v) is 26.5. The number of hydrogen-bond donors (Lipinski definition) is 0. The van der Waals surface area contributed by atoms with E-state index in [0.29, 0.717) is 19.6 Å². The molecule has 1 saturated heterocycles. The fourth-order valence-electron chi connectivity index (χ4n) is 8.43. The molecule has 0 amide bonds. The number of ether oxygens (including phenoxy) is 4. The molecule has 2 aliphatic carbocycles. The van der Waals surface area contributed by atoms with Gasteiger partial charge in [-0.3, -0.25) is 0 Å². The molecule has 5 heteroatoms. The molecule has 45 heavy (non-hydrogen) atoms. The number of fused-ring (bicyclic) bond motifs is 2. The Bertz CT molecular complexity index is 1350. The van der Waals surface area contributed by atoms with Gasteiger partial charge in [0.05, 0.1) is 13.2 Å². The van der Waals surface area contributed by atoms with Crippen molar-refractivity contribution in [3.8, 4) is 0 Å². The van der Waals surface area contributed by atoms with Crippen LogP contribution in [0.1, 0.15) is 68.6 Å². The van der Waals surface area contributed by atoms with Crippen molar-refractivity contribution >= 4 is 5.97 Å². The standard InChI is InChI=1S/C40H46O5/c1-4-21-38-22-20-31(28-36(38)39(24-23-38)42-25-26-43-39)35(27-30(2)3)45-37(41)29-44-40(32-14-8-5-9-15-32,33-16-10-6-11-17-33)34-18-12-7-13-19-34/h4-19,31,35-36H,1-2,20-29H2,3H3/t31-,35+,36+,38+/m1/s1. The van der Waals surface area contributed by atoms with Crippen molar-refractivity contribution in [2.75, 3.05) is 19.8 Å². The van der Waals surface area contributed by atoms with Crippen LogP contribution in [0, 0.1) is 17.3 Å². The molecule has 1 aliphatic heterocycles. The quantitative estimate of drug-likeness (QED) is 0.118. The van der Waals surface area contributed by atoms with Gasteiger partial charge in [-0.2, -0.15) is 0 Å². The first-order chi connectivity index (χ1) is 21.9. The summed E-state index contributed by atoms with van der Waals surface area (Å²) in [6.07, 6.45) is 8.25. The molecule has 4 atom stereocenters. The van der Waals surface area contributed by atoms with Crippen LogP contribution in [0.25, 0.3) is 0 Å². The van der Waals surface area contributed by atoms with E-state index < -0.39 is 11.4 Å². The average molecular weight is 607 g/mol. The van der Waals surface area contributed by atoms with Gasteiger partial charge in [-0.1, -0.05) is 103 Å². The normalized spacial score (nSPS) is 24.6. The highest BCUT2D eigenvalue weighted by Gasteiger charge is 2.61. The number of esters is 1. The van der Waals surface area contributed by atoms with Crippen molar-refractivity contribution in [1.29, 1.82) is 0 Å². The van der Waals surface area contributed by atoms with E-state index in [1.807, 2.05) is 61.5 Å². The molecule has 3 aromatic rings. The summed E-state index contributed by atoms with van der Waals surface area (Å²) < 4.78 is 25.8. The van der Waals surface area contributed by atoms with Crippen LogP contribution in [0.4, 0.5) is 0 Å². The molecular weight excluding hydrogens is 560 g/mol. The summed E-state index contributed by atoms with van der Waals surface area (Å²) in [5, 5.41) is 0. The molecule has 6 rings (SSSR count). The van der Waals surface area contributed by atoms with Gasteiger partial charge in [0.25, 0.3) is 0 Å². The summed E-state index contributed by atoms with van der Waals surface area (Å²) >= 11 is 0. The van der Waals surface area contributed by atoms with E-state index in [9.17, 15) is 4.79 Å². The van der Waals surface area contributed by atoms with E-state index in [1.54, 1.807) is 0 Å². The van der Waals surface area contributed by atoms with Gasteiger partial charge >= 0.3 is 5.97 Å². The van der Waals surface area contributed by atoms with Crippen LogP contribution < -0.4 is 0 Å². The third-order valence-electron chi connectivity index (χ3n) is 10.4. The lowest BCUT2D eigenvalue weighted by atomic mass is 9.61. The average Bonchev–Trinajstić information content (AvgIpc) is 3.67. The topological polar surface area (TPSA) is 54.0 Å². The van der Waals surface area contributed by atoms with Crippen LogP contribution in [0.3, 0.4) is 0 Å². The second-order valence-corrected chi connectivity index (χ2v) is 13.2. The molecule has 0 radical (unpaired) electrons. The van der Waals surface area contributed by atoms with Gasteiger partial charge in [-0.05, 0) is 67.1 Å². The SMILES string of the molecule is C=CC[C@@]12CC[C@@H]([C@H](CC(=C)C)OC(=O)COC(c3ccccc3)(c3ccccc3)c3ccccc3)C[C@@H]1C1(CC2)OCCO1. The van der Waals surface area contributed by atoms with Crippen molar-refractivity contribution in [2.45, 2.75) is 69.4 Å². The van der Waals surface area contributed by atoms with Gasteiger partial charge in [0, 0.05) is 18.8 Å². The van der Waals surface area contributed by atoms with Crippen LogP contribution in [-0.2, 0) is 29.3 Å². The maximum Gasteiger partial charge on any atom is 0.332 e. The highest BCUT2D eigenvalue weighted by Crippen LogP contribution is 2.62.